The van der Waals surface area contributed by atoms with Crippen LogP contribution < -0.4 is 15.6 Å². The van der Waals surface area contributed by atoms with Crippen molar-refractivity contribution in [3.05, 3.63) is 30.1 Å². The van der Waals surface area contributed by atoms with E-state index in [1.165, 1.54) is 18.2 Å². The average molecular weight is 254 g/mol. The van der Waals surface area contributed by atoms with E-state index in [1.54, 1.807) is 19.9 Å². The summed E-state index contributed by atoms with van der Waals surface area (Å²) < 4.78 is 18.1. The molecule has 98 valence electrons. The smallest absolute Gasteiger partial charge is 0.276 e. The summed E-state index contributed by atoms with van der Waals surface area (Å²) in [6.07, 6.45) is 0. The van der Waals surface area contributed by atoms with Crippen molar-refractivity contribution < 1.29 is 18.7 Å². The van der Waals surface area contributed by atoms with Crippen molar-refractivity contribution >= 4 is 11.8 Å². The fourth-order valence-electron chi connectivity index (χ4n) is 1.02. The molecule has 0 saturated heterocycles. The maximum absolute atomic E-state index is 13.1. The molecule has 18 heavy (non-hydrogen) atoms. The highest BCUT2D eigenvalue weighted by Crippen LogP contribution is 2.14. The molecule has 5 nitrogen and oxygen atoms in total. The van der Waals surface area contributed by atoms with Crippen LogP contribution in [0.4, 0.5) is 4.39 Å². The van der Waals surface area contributed by atoms with Crippen LogP contribution >= 0.6 is 0 Å². The molecule has 0 fully saturated rings. The van der Waals surface area contributed by atoms with Crippen molar-refractivity contribution in [3.8, 4) is 5.75 Å². The number of hydrogen-bond donors (Lipinski definition) is 2. The van der Waals surface area contributed by atoms with Gasteiger partial charge in [-0.15, -0.1) is 0 Å². The standard InChI is InChI=1S/C12H15FN2O3/c1-8(2)12(17)15-14-11(16)7-18-10-6-4-3-5-9(10)13/h3-6,8H,7H2,1-2H3,(H,14,16)(H,15,17). The molecule has 0 radical (unpaired) electrons. The molecule has 0 spiro atoms. The van der Waals surface area contributed by atoms with Crippen LogP contribution in [-0.2, 0) is 9.59 Å². The van der Waals surface area contributed by atoms with Crippen LogP contribution in [0.5, 0.6) is 5.75 Å². The molecule has 0 atom stereocenters. The zero-order valence-electron chi connectivity index (χ0n) is 10.2. The Labute approximate surface area is 104 Å². The van der Waals surface area contributed by atoms with E-state index in [1.807, 2.05) is 0 Å². The van der Waals surface area contributed by atoms with Gasteiger partial charge in [0.2, 0.25) is 5.91 Å². The lowest BCUT2D eigenvalue weighted by atomic mass is 10.2. The van der Waals surface area contributed by atoms with E-state index >= 15 is 0 Å². The predicted molar refractivity (Wildman–Crippen MR) is 63.0 cm³/mol. The molecule has 0 bridgehead atoms. The largest absolute Gasteiger partial charge is 0.481 e. The van der Waals surface area contributed by atoms with Gasteiger partial charge < -0.3 is 4.74 Å². The van der Waals surface area contributed by atoms with E-state index in [2.05, 4.69) is 10.9 Å². The number of benzene rings is 1. The molecule has 0 saturated carbocycles. The molecule has 6 heteroatoms. The van der Waals surface area contributed by atoms with Gasteiger partial charge in [0.15, 0.2) is 18.2 Å². The molecule has 2 N–H and O–H groups in total. The van der Waals surface area contributed by atoms with Crippen LogP contribution in [0.25, 0.3) is 0 Å². The molecule has 1 aromatic carbocycles. The van der Waals surface area contributed by atoms with E-state index in [0.717, 1.165) is 0 Å². The minimum Gasteiger partial charge on any atom is -0.481 e. The summed E-state index contributed by atoms with van der Waals surface area (Å²) >= 11 is 0. The monoisotopic (exact) mass is 254 g/mol. The Morgan fingerprint density at radius 2 is 1.94 bits per heavy atom. The SMILES string of the molecule is CC(C)C(=O)NNC(=O)COc1ccccc1F. The van der Waals surface area contributed by atoms with Gasteiger partial charge in [0.1, 0.15) is 0 Å². The number of hydrazine groups is 1. The number of para-hydroxylation sites is 1. The Hall–Kier alpha value is -2.11. The molecule has 0 aromatic heterocycles. The Kier molecular flexibility index (Phi) is 5.10. The van der Waals surface area contributed by atoms with Crippen molar-refractivity contribution in [3.63, 3.8) is 0 Å². The number of carbonyl (C=O) groups excluding carboxylic acids is 2. The van der Waals surface area contributed by atoms with Crippen molar-refractivity contribution in [1.82, 2.24) is 10.9 Å². The molecule has 0 aliphatic rings. The normalized spacial score (nSPS) is 10.0. The number of nitrogens with one attached hydrogen (secondary N) is 2. The Balaban J connectivity index is 2.34. The summed E-state index contributed by atoms with van der Waals surface area (Å²) in [5, 5.41) is 0. The van der Waals surface area contributed by atoms with Crippen LogP contribution in [0.1, 0.15) is 13.8 Å². The average Bonchev–Trinajstić information content (AvgIpc) is 2.34. The van der Waals surface area contributed by atoms with Gasteiger partial charge in [0, 0.05) is 5.92 Å². The highest BCUT2D eigenvalue weighted by molar-refractivity contribution is 5.83. The number of amides is 2. The molecular weight excluding hydrogens is 239 g/mol. The fourth-order valence-corrected chi connectivity index (χ4v) is 1.02. The molecule has 1 aromatic rings. The van der Waals surface area contributed by atoms with Gasteiger partial charge in [-0.05, 0) is 12.1 Å². The van der Waals surface area contributed by atoms with E-state index in [4.69, 9.17) is 4.74 Å². The Bertz CT molecular complexity index is 435. The second-order valence-corrected chi connectivity index (χ2v) is 3.91. The minimum atomic E-state index is -0.563. The third-order valence-electron chi connectivity index (χ3n) is 2.04. The highest BCUT2D eigenvalue weighted by Gasteiger charge is 2.09. The van der Waals surface area contributed by atoms with E-state index in [9.17, 15) is 14.0 Å². The molecule has 1 rings (SSSR count). The lowest BCUT2D eigenvalue weighted by molar-refractivity contribution is -0.131. The Morgan fingerprint density at radius 1 is 1.28 bits per heavy atom. The fraction of sp³-hybridized carbons (Fsp3) is 0.333. The van der Waals surface area contributed by atoms with Gasteiger partial charge in [-0.1, -0.05) is 26.0 Å². The van der Waals surface area contributed by atoms with E-state index < -0.39 is 11.7 Å². The summed E-state index contributed by atoms with van der Waals surface area (Å²) in [7, 11) is 0. The number of ether oxygens (including phenoxy) is 1. The van der Waals surface area contributed by atoms with Crippen LogP contribution in [0.2, 0.25) is 0 Å². The molecule has 0 heterocycles. The summed E-state index contributed by atoms with van der Waals surface area (Å²) in [6, 6.07) is 5.76. The number of carbonyl (C=O) groups is 2. The van der Waals surface area contributed by atoms with Crippen molar-refractivity contribution in [1.29, 1.82) is 0 Å². The van der Waals surface area contributed by atoms with Crippen LogP contribution in [0, 0.1) is 11.7 Å². The van der Waals surface area contributed by atoms with Crippen molar-refractivity contribution in [2.75, 3.05) is 6.61 Å². The molecule has 0 aliphatic heterocycles. The Morgan fingerprint density at radius 3 is 2.56 bits per heavy atom. The first kappa shape index (κ1) is 14.0. The summed E-state index contributed by atoms with van der Waals surface area (Å²) in [5.74, 6) is -1.67. The lowest BCUT2D eigenvalue weighted by Crippen LogP contribution is -2.45. The van der Waals surface area contributed by atoms with Crippen LogP contribution in [0.3, 0.4) is 0 Å². The summed E-state index contributed by atoms with van der Waals surface area (Å²) in [5.41, 5.74) is 4.39. The first-order valence-corrected chi connectivity index (χ1v) is 5.46. The van der Waals surface area contributed by atoms with E-state index in [0.29, 0.717) is 0 Å². The predicted octanol–water partition coefficient (Wildman–Crippen LogP) is 1.01. The second-order valence-electron chi connectivity index (χ2n) is 3.91. The van der Waals surface area contributed by atoms with E-state index in [-0.39, 0.29) is 24.2 Å². The van der Waals surface area contributed by atoms with Gasteiger partial charge in [-0.3, -0.25) is 20.4 Å². The van der Waals surface area contributed by atoms with Gasteiger partial charge >= 0.3 is 0 Å². The maximum Gasteiger partial charge on any atom is 0.276 e. The van der Waals surface area contributed by atoms with Crippen molar-refractivity contribution in [2.24, 2.45) is 5.92 Å². The third-order valence-corrected chi connectivity index (χ3v) is 2.04. The summed E-state index contributed by atoms with van der Waals surface area (Å²) in [4.78, 5) is 22.4. The van der Waals surface area contributed by atoms with Gasteiger partial charge in [0.25, 0.3) is 5.91 Å². The number of halogens is 1. The van der Waals surface area contributed by atoms with Gasteiger partial charge in [0.05, 0.1) is 0 Å². The quantitative estimate of drug-likeness (QED) is 0.788. The lowest BCUT2D eigenvalue weighted by Gasteiger charge is -2.10. The van der Waals surface area contributed by atoms with Crippen molar-refractivity contribution in [2.45, 2.75) is 13.8 Å². The highest BCUT2D eigenvalue weighted by atomic mass is 19.1. The second kappa shape index (κ2) is 6.58. The summed E-state index contributed by atoms with van der Waals surface area (Å²) in [6.45, 7) is 3.01. The number of hydrogen-bond acceptors (Lipinski definition) is 3. The minimum absolute atomic E-state index is 0.0113. The van der Waals surface area contributed by atoms with Gasteiger partial charge in [-0.25, -0.2) is 4.39 Å². The molecule has 0 aliphatic carbocycles. The maximum atomic E-state index is 13.1. The molecular formula is C12H15FN2O3. The zero-order chi connectivity index (χ0) is 13.5. The molecule has 0 unspecified atom stereocenters. The van der Waals surface area contributed by atoms with Crippen LogP contribution in [-0.4, -0.2) is 18.4 Å². The first-order valence-electron chi connectivity index (χ1n) is 5.46. The zero-order valence-corrected chi connectivity index (χ0v) is 10.2. The third kappa shape index (κ3) is 4.40. The van der Waals surface area contributed by atoms with Crippen LogP contribution in [0.15, 0.2) is 24.3 Å². The number of rotatable bonds is 4. The first-order chi connectivity index (χ1) is 8.50. The molecule has 2 amide bonds. The van der Waals surface area contributed by atoms with Gasteiger partial charge in [-0.2, -0.15) is 0 Å². The topological polar surface area (TPSA) is 67.4 Å².